The zero-order valence-electron chi connectivity index (χ0n) is 10.1. The lowest BCUT2D eigenvalue weighted by atomic mass is 10.1. The van der Waals surface area contributed by atoms with Gasteiger partial charge in [0, 0.05) is 6.54 Å². The molecule has 1 aliphatic heterocycles. The molecule has 1 atom stereocenters. The monoisotopic (exact) mass is 250 g/mol. The van der Waals surface area contributed by atoms with Gasteiger partial charge in [-0.3, -0.25) is 9.59 Å². The van der Waals surface area contributed by atoms with Crippen molar-refractivity contribution in [3.05, 3.63) is 35.6 Å². The van der Waals surface area contributed by atoms with Crippen LogP contribution in [0, 0.1) is 5.82 Å². The zero-order valence-corrected chi connectivity index (χ0v) is 10.1. The Hall–Kier alpha value is -1.91. The minimum atomic E-state index is -0.473. The molecule has 1 fully saturated rings. The molecule has 1 aliphatic rings. The van der Waals surface area contributed by atoms with Gasteiger partial charge in [0.1, 0.15) is 11.9 Å². The number of rotatable bonds is 3. The van der Waals surface area contributed by atoms with Gasteiger partial charge in [0.2, 0.25) is 11.8 Å². The van der Waals surface area contributed by atoms with Crippen molar-refractivity contribution in [2.24, 2.45) is 0 Å². The topological polar surface area (TPSA) is 49.4 Å². The van der Waals surface area contributed by atoms with Gasteiger partial charge in [0.15, 0.2) is 0 Å². The van der Waals surface area contributed by atoms with Crippen molar-refractivity contribution in [3.63, 3.8) is 0 Å². The van der Waals surface area contributed by atoms with Crippen LogP contribution in [0.1, 0.15) is 12.5 Å². The van der Waals surface area contributed by atoms with Crippen molar-refractivity contribution in [1.82, 2.24) is 10.2 Å². The van der Waals surface area contributed by atoms with Crippen LogP contribution in [-0.4, -0.2) is 35.8 Å². The molecule has 1 N–H and O–H groups in total. The Bertz CT molecular complexity index is 476. The second-order valence-corrected chi connectivity index (χ2v) is 4.43. The van der Waals surface area contributed by atoms with Gasteiger partial charge in [-0.1, -0.05) is 12.1 Å². The summed E-state index contributed by atoms with van der Waals surface area (Å²) in [5.74, 6) is -0.532. The molecule has 2 amide bonds. The standard InChI is InChI=1S/C13H15FN2O2/c1-9-13(18)16(8-12(17)15-9)6-5-10-3-2-4-11(14)7-10/h2-4,7,9H,5-6,8H2,1H3,(H,15,17). The lowest BCUT2D eigenvalue weighted by Gasteiger charge is -2.30. The van der Waals surface area contributed by atoms with Crippen molar-refractivity contribution in [1.29, 1.82) is 0 Å². The average Bonchev–Trinajstić information content (AvgIpc) is 2.32. The van der Waals surface area contributed by atoms with E-state index >= 15 is 0 Å². The maximum Gasteiger partial charge on any atom is 0.245 e. The van der Waals surface area contributed by atoms with E-state index in [1.165, 1.54) is 17.0 Å². The van der Waals surface area contributed by atoms with E-state index in [0.717, 1.165) is 5.56 Å². The van der Waals surface area contributed by atoms with Gasteiger partial charge < -0.3 is 10.2 Å². The molecule has 1 unspecified atom stereocenters. The first-order chi connectivity index (χ1) is 8.56. The summed E-state index contributed by atoms with van der Waals surface area (Å²) in [6.07, 6.45) is 0.545. The molecule has 0 bridgehead atoms. The molecular weight excluding hydrogens is 235 g/mol. The first-order valence-electron chi connectivity index (χ1n) is 5.89. The molecule has 4 nitrogen and oxygen atoms in total. The first-order valence-corrected chi connectivity index (χ1v) is 5.89. The molecule has 2 rings (SSSR count). The molecule has 1 aromatic carbocycles. The maximum absolute atomic E-state index is 13.0. The maximum atomic E-state index is 13.0. The van der Waals surface area contributed by atoms with Crippen LogP contribution in [-0.2, 0) is 16.0 Å². The van der Waals surface area contributed by atoms with E-state index in [9.17, 15) is 14.0 Å². The summed E-state index contributed by atoms with van der Waals surface area (Å²) in [6, 6.07) is 5.79. The quantitative estimate of drug-likeness (QED) is 0.859. The van der Waals surface area contributed by atoms with E-state index in [1.54, 1.807) is 19.1 Å². The Morgan fingerprint density at radius 3 is 2.94 bits per heavy atom. The fourth-order valence-electron chi connectivity index (χ4n) is 2.02. The Labute approximate surface area is 105 Å². The molecule has 1 saturated heterocycles. The Balaban J connectivity index is 1.97. The number of halogens is 1. The highest BCUT2D eigenvalue weighted by Crippen LogP contribution is 2.07. The Morgan fingerprint density at radius 2 is 2.22 bits per heavy atom. The fraction of sp³-hybridized carbons (Fsp3) is 0.385. The minimum Gasteiger partial charge on any atom is -0.343 e. The molecule has 0 aliphatic carbocycles. The molecule has 0 saturated carbocycles. The number of hydrogen-bond donors (Lipinski definition) is 1. The number of hydrogen-bond acceptors (Lipinski definition) is 2. The minimum absolute atomic E-state index is 0.0818. The number of nitrogens with one attached hydrogen (secondary N) is 1. The van der Waals surface area contributed by atoms with E-state index in [4.69, 9.17) is 0 Å². The average molecular weight is 250 g/mol. The number of carbonyl (C=O) groups excluding carboxylic acids is 2. The molecule has 18 heavy (non-hydrogen) atoms. The second kappa shape index (κ2) is 5.16. The third kappa shape index (κ3) is 2.85. The summed E-state index contributed by atoms with van der Waals surface area (Å²) in [7, 11) is 0. The van der Waals surface area contributed by atoms with Crippen molar-refractivity contribution < 1.29 is 14.0 Å². The number of benzene rings is 1. The Kier molecular flexibility index (Phi) is 3.60. The number of amides is 2. The van der Waals surface area contributed by atoms with Gasteiger partial charge in [-0.05, 0) is 31.0 Å². The van der Waals surface area contributed by atoms with Crippen molar-refractivity contribution in [3.8, 4) is 0 Å². The highest BCUT2D eigenvalue weighted by atomic mass is 19.1. The van der Waals surface area contributed by atoms with Crippen LogP contribution in [0.3, 0.4) is 0 Å². The van der Waals surface area contributed by atoms with Gasteiger partial charge in [-0.25, -0.2) is 4.39 Å². The van der Waals surface area contributed by atoms with Gasteiger partial charge in [-0.2, -0.15) is 0 Å². The second-order valence-electron chi connectivity index (χ2n) is 4.43. The summed E-state index contributed by atoms with van der Waals surface area (Å²) in [5.41, 5.74) is 0.821. The molecule has 0 aromatic heterocycles. The van der Waals surface area contributed by atoms with Gasteiger partial charge in [0.05, 0.1) is 6.54 Å². The summed E-state index contributed by atoms with van der Waals surface area (Å²) in [6.45, 7) is 2.17. The van der Waals surface area contributed by atoms with Crippen LogP contribution in [0.4, 0.5) is 4.39 Å². The molecular formula is C13H15FN2O2. The summed E-state index contributed by atoms with van der Waals surface area (Å²) in [5, 5.41) is 2.58. The Morgan fingerprint density at radius 1 is 1.44 bits per heavy atom. The smallest absolute Gasteiger partial charge is 0.245 e. The lowest BCUT2D eigenvalue weighted by molar-refractivity contribution is -0.143. The van der Waals surface area contributed by atoms with E-state index in [0.29, 0.717) is 13.0 Å². The summed E-state index contributed by atoms with van der Waals surface area (Å²) < 4.78 is 13.0. The van der Waals surface area contributed by atoms with Gasteiger partial charge >= 0.3 is 0 Å². The molecule has 0 radical (unpaired) electrons. The summed E-state index contributed by atoms with van der Waals surface area (Å²) in [4.78, 5) is 24.6. The van der Waals surface area contributed by atoms with E-state index < -0.39 is 6.04 Å². The number of piperazine rings is 1. The van der Waals surface area contributed by atoms with E-state index in [1.807, 2.05) is 0 Å². The highest BCUT2D eigenvalue weighted by Gasteiger charge is 2.28. The number of nitrogens with zero attached hydrogens (tertiary/aromatic N) is 1. The molecule has 5 heteroatoms. The van der Waals surface area contributed by atoms with Crippen LogP contribution in [0.25, 0.3) is 0 Å². The van der Waals surface area contributed by atoms with E-state index in [-0.39, 0.29) is 24.2 Å². The zero-order chi connectivity index (χ0) is 13.1. The van der Waals surface area contributed by atoms with Crippen molar-refractivity contribution >= 4 is 11.8 Å². The lowest BCUT2D eigenvalue weighted by Crippen LogP contribution is -2.57. The predicted molar refractivity (Wildman–Crippen MR) is 64.3 cm³/mol. The van der Waals surface area contributed by atoms with E-state index in [2.05, 4.69) is 5.32 Å². The first kappa shape index (κ1) is 12.5. The van der Waals surface area contributed by atoms with Crippen molar-refractivity contribution in [2.45, 2.75) is 19.4 Å². The molecule has 0 spiro atoms. The van der Waals surface area contributed by atoms with Crippen LogP contribution < -0.4 is 5.32 Å². The predicted octanol–water partition coefficient (Wildman–Crippen LogP) is 0.715. The summed E-state index contributed by atoms with van der Waals surface area (Å²) >= 11 is 0. The highest BCUT2D eigenvalue weighted by molar-refractivity contribution is 5.94. The molecule has 96 valence electrons. The number of carbonyl (C=O) groups is 2. The van der Waals surface area contributed by atoms with Crippen LogP contribution in [0.2, 0.25) is 0 Å². The van der Waals surface area contributed by atoms with Crippen LogP contribution in [0.15, 0.2) is 24.3 Å². The molecule has 1 aromatic rings. The largest absolute Gasteiger partial charge is 0.343 e. The van der Waals surface area contributed by atoms with Gasteiger partial charge in [0.25, 0.3) is 0 Å². The van der Waals surface area contributed by atoms with Gasteiger partial charge in [-0.15, -0.1) is 0 Å². The normalized spacial score (nSPS) is 19.9. The fourth-order valence-corrected chi connectivity index (χ4v) is 2.02. The van der Waals surface area contributed by atoms with Crippen LogP contribution >= 0.6 is 0 Å². The molecule has 1 heterocycles. The third-order valence-electron chi connectivity index (χ3n) is 2.95. The van der Waals surface area contributed by atoms with Crippen LogP contribution in [0.5, 0.6) is 0 Å². The third-order valence-corrected chi connectivity index (χ3v) is 2.95. The SMILES string of the molecule is CC1NC(=O)CN(CCc2cccc(F)c2)C1=O. The van der Waals surface area contributed by atoms with Crippen molar-refractivity contribution in [2.75, 3.05) is 13.1 Å².